The van der Waals surface area contributed by atoms with Gasteiger partial charge in [0.15, 0.2) is 11.6 Å². The van der Waals surface area contributed by atoms with Crippen LogP contribution in [-0.4, -0.2) is 18.5 Å². The molecule has 1 aromatic carbocycles. The molecule has 0 heterocycles. The minimum absolute atomic E-state index is 0. The van der Waals surface area contributed by atoms with Gasteiger partial charge < -0.3 is 10.5 Å². The molecule has 0 aliphatic heterocycles. The summed E-state index contributed by atoms with van der Waals surface area (Å²) in [5.41, 5.74) is 3.88. The van der Waals surface area contributed by atoms with Gasteiger partial charge in [-0.15, -0.1) is 12.4 Å². The van der Waals surface area contributed by atoms with Crippen LogP contribution in [0.15, 0.2) is 12.1 Å². The van der Waals surface area contributed by atoms with Crippen LogP contribution in [0.2, 0.25) is 0 Å². The first-order chi connectivity index (χ1) is 8.71. The number of hydrogen-bond donors (Lipinski definition) is 1. The van der Waals surface area contributed by atoms with Crippen molar-refractivity contribution in [2.24, 2.45) is 5.73 Å². The maximum absolute atomic E-state index is 13.5. The molecule has 0 spiro atoms. The molecule has 0 fully saturated rings. The summed E-state index contributed by atoms with van der Waals surface area (Å²) >= 11 is 0. The lowest BCUT2D eigenvalue weighted by Gasteiger charge is -2.22. The summed E-state index contributed by atoms with van der Waals surface area (Å²) in [5.74, 6) is -11.0. The van der Waals surface area contributed by atoms with Crippen LogP contribution in [-0.2, 0) is 9.53 Å². The van der Waals surface area contributed by atoms with Crippen LogP contribution < -0.4 is 5.73 Å². The second kappa shape index (κ2) is 6.85. The van der Waals surface area contributed by atoms with Gasteiger partial charge in [-0.3, -0.25) is 0 Å². The summed E-state index contributed by atoms with van der Waals surface area (Å²) in [6.45, 7) is 0.934. The minimum Gasteiger partial charge on any atom is -0.462 e. The second-order valence-corrected chi connectivity index (χ2v) is 3.61. The van der Waals surface area contributed by atoms with E-state index in [-0.39, 0.29) is 25.1 Å². The van der Waals surface area contributed by atoms with E-state index in [1.807, 2.05) is 0 Å². The normalized spacial score (nSPS) is 12.6. The predicted molar refractivity (Wildman–Crippen MR) is 62.1 cm³/mol. The first kappa shape index (κ1) is 18.6. The van der Waals surface area contributed by atoms with Gasteiger partial charge in [0.25, 0.3) is 0 Å². The van der Waals surface area contributed by atoms with Gasteiger partial charge >= 0.3 is 11.9 Å². The topological polar surface area (TPSA) is 52.3 Å². The molecule has 9 heteroatoms. The second-order valence-electron chi connectivity index (χ2n) is 3.61. The molecule has 0 radical (unpaired) electrons. The van der Waals surface area contributed by atoms with Gasteiger partial charge in [-0.1, -0.05) is 0 Å². The summed E-state index contributed by atoms with van der Waals surface area (Å²) in [6.07, 6.45) is 0. The fourth-order valence-electron chi connectivity index (χ4n) is 1.35. The Morgan fingerprint density at radius 2 is 1.90 bits per heavy atom. The third-order valence-electron chi connectivity index (χ3n) is 2.29. The molecule has 0 saturated carbocycles. The average Bonchev–Trinajstić information content (AvgIpc) is 2.33. The third-order valence-corrected chi connectivity index (χ3v) is 2.29. The highest BCUT2D eigenvalue weighted by atomic mass is 35.5. The van der Waals surface area contributed by atoms with Gasteiger partial charge in [-0.05, 0) is 13.0 Å². The molecule has 1 rings (SSSR count). The molecule has 1 atom stereocenters. The van der Waals surface area contributed by atoms with Gasteiger partial charge in [0.05, 0.1) is 6.61 Å². The van der Waals surface area contributed by atoms with Crippen molar-refractivity contribution >= 4 is 18.4 Å². The van der Waals surface area contributed by atoms with Crippen molar-refractivity contribution in [1.82, 2.24) is 0 Å². The Labute approximate surface area is 117 Å². The molecule has 0 unspecified atom stereocenters. The summed E-state index contributed by atoms with van der Waals surface area (Å²) in [7, 11) is 0. The van der Waals surface area contributed by atoms with E-state index in [0.29, 0.717) is 6.07 Å². The Morgan fingerprint density at radius 3 is 2.40 bits per heavy atom. The van der Waals surface area contributed by atoms with E-state index < -0.39 is 40.9 Å². The van der Waals surface area contributed by atoms with E-state index in [0.717, 1.165) is 0 Å². The average molecular weight is 320 g/mol. The van der Waals surface area contributed by atoms with Gasteiger partial charge in [-0.2, -0.15) is 8.78 Å². The zero-order valence-corrected chi connectivity index (χ0v) is 10.9. The number of carbonyl (C=O) groups excluding carboxylic acids is 1. The van der Waals surface area contributed by atoms with Crippen molar-refractivity contribution in [3.05, 3.63) is 35.1 Å². The molecule has 2 N–H and O–H groups in total. The molecule has 1 aromatic rings. The van der Waals surface area contributed by atoms with Crippen LogP contribution in [0.1, 0.15) is 18.5 Å². The van der Waals surface area contributed by atoms with Crippen molar-refractivity contribution in [2.75, 3.05) is 6.61 Å². The summed E-state index contributed by atoms with van der Waals surface area (Å²) in [4.78, 5) is 11.0. The van der Waals surface area contributed by atoms with Crippen molar-refractivity contribution in [1.29, 1.82) is 0 Å². The van der Waals surface area contributed by atoms with Crippen molar-refractivity contribution in [3.63, 3.8) is 0 Å². The summed E-state index contributed by atoms with van der Waals surface area (Å²) in [5, 5.41) is 0. The van der Waals surface area contributed by atoms with E-state index in [1.165, 1.54) is 6.92 Å². The number of halogens is 6. The Bertz CT molecular complexity index is 498. The molecule has 0 aromatic heterocycles. The number of alkyl halides is 2. The van der Waals surface area contributed by atoms with Crippen LogP contribution in [0, 0.1) is 17.5 Å². The molecular formula is C11H11ClF5NO2. The van der Waals surface area contributed by atoms with Gasteiger partial charge in [0.2, 0.25) is 0 Å². The first-order valence-corrected chi connectivity index (χ1v) is 5.16. The molecule has 114 valence electrons. The van der Waals surface area contributed by atoms with E-state index in [9.17, 15) is 26.7 Å². The highest BCUT2D eigenvalue weighted by molar-refractivity contribution is 5.85. The third kappa shape index (κ3) is 3.57. The number of ether oxygens (including phenoxy) is 1. The zero-order valence-electron chi connectivity index (χ0n) is 10.1. The number of rotatable bonds is 4. The number of esters is 1. The first-order valence-electron chi connectivity index (χ1n) is 5.16. The number of carbonyl (C=O) groups is 1. The van der Waals surface area contributed by atoms with E-state index in [4.69, 9.17) is 5.73 Å². The van der Waals surface area contributed by atoms with Crippen LogP contribution in [0.5, 0.6) is 0 Å². The lowest BCUT2D eigenvalue weighted by molar-refractivity contribution is -0.174. The lowest BCUT2D eigenvalue weighted by Crippen LogP contribution is -2.42. The molecule has 3 nitrogen and oxygen atoms in total. The number of nitrogens with two attached hydrogens (primary N) is 1. The Morgan fingerprint density at radius 1 is 1.35 bits per heavy atom. The smallest absolute Gasteiger partial charge is 0.379 e. The van der Waals surface area contributed by atoms with Crippen LogP contribution >= 0.6 is 12.4 Å². The number of hydrogen-bond acceptors (Lipinski definition) is 3. The Balaban J connectivity index is 0.00000361. The summed E-state index contributed by atoms with van der Waals surface area (Å²) < 4.78 is 70.2. The Kier molecular flexibility index (Phi) is 6.36. The molecule has 0 amide bonds. The minimum atomic E-state index is -4.31. The van der Waals surface area contributed by atoms with Crippen LogP contribution in [0.25, 0.3) is 0 Å². The monoisotopic (exact) mass is 319 g/mol. The quantitative estimate of drug-likeness (QED) is 0.527. The van der Waals surface area contributed by atoms with Gasteiger partial charge in [0, 0.05) is 11.6 Å². The van der Waals surface area contributed by atoms with E-state index in [1.54, 1.807) is 0 Å². The Hall–Kier alpha value is -1.41. The number of benzene rings is 1. The van der Waals surface area contributed by atoms with Gasteiger partial charge in [-0.25, -0.2) is 18.0 Å². The van der Waals surface area contributed by atoms with Crippen molar-refractivity contribution in [2.45, 2.75) is 18.9 Å². The van der Waals surface area contributed by atoms with Crippen LogP contribution in [0.3, 0.4) is 0 Å². The SMILES string of the molecule is CCOC(=O)C(F)(F)[C@H](N)c1cc(F)cc(F)c1F.Cl. The maximum atomic E-state index is 13.5. The molecule has 0 aliphatic rings. The summed E-state index contributed by atoms with van der Waals surface area (Å²) in [6, 6.07) is -2.08. The molecule has 0 bridgehead atoms. The maximum Gasteiger partial charge on any atom is 0.379 e. The predicted octanol–water partition coefficient (Wildman–Crippen LogP) is 2.72. The highest BCUT2D eigenvalue weighted by Gasteiger charge is 2.49. The fraction of sp³-hybridized carbons (Fsp3) is 0.364. The lowest BCUT2D eigenvalue weighted by atomic mass is 10.0. The zero-order chi connectivity index (χ0) is 14.8. The van der Waals surface area contributed by atoms with Crippen molar-refractivity contribution in [3.8, 4) is 0 Å². The molecular weight excluding hydrogens is 309 g/mol. The van der Waals surface area contributed by atoms with E-state index in [2.05, 4.69) is 4.74 Å². The highest BCUT2D eigenvalue weighted by Crippen LogP contribution is 2.33. The molecule has 0 saturated heterocycles. The largest absolute Gasteiger partial charge is 0.462 e. The molecule has 0 aliphatic carbocycles. The van der Waals surface area contributed by atoms with Crippen molar-refractivity contribution < 1.29 is 31.5 Å². The standard InChI is InChI=1S/C11H10F5NO2.ClH/c1-2-19-10(18)11(15,16)9(17)6-3-5(12)4-7(13)8(6)14;/h3-4,9H,2,17H2,1H3;1H/t9-;/m1./s1. The van der Waals surface area contributed by atoms with Gasteiger partial charge in [0.1, 0.15) is 11.9 Å². The van der Waals surface area contributed by atoms with E-state index >= 15 is 0 Å². The van der Waals surface area contributed by atoms with Crippen LogP contribution in [0.4, 0.5) is 22.0 Å². The molecule has 20 heavy (non-hydrogen) atoms. The fourth-order valence-corrected chi connectivity index (χ4v) is 1.35.